The van der Waals surface area contributed by atoms with E-state index in [0.29, 0.717) is 23.7 Å². The highest BCUT2D eigenvalue weighted by Gasteiger charge is 2.52. The SMILES string of the molecule is CCCCCCCCNC(=O)C1C2CC/C=C\CCC21. The van der Waals surface area contributed by atoms with Crippen LogP contribution in [0, 0.1) is 17.8 Å². The second-order valence-electron chi connectivity index (χ2n) is 6.54. The normalized spacial score (nSPS) is 29.9. The molecule has 0 aromatic rings. The van der Waals surface area contributed by atoms with Crippen LogP contribution in [0.3, 0.4) is 0 Å². The van der Waals surface area contributed by atoms with Crippen molar-refractivity contribution >= 4 is 5.91 Å². The molecule has 0 heterocycles. The van der Waals surface area contributed by atoms with Crippen LogP contribution in [0.25, 0.3) is 0 Å². The van der Waals surface area contributed by atoms with Crippen LogP contribution in [0.5, 0.6) is 0 Å². The highest BCUT2D eigenvalue weighted by atomic mass is 16.2. The lowest BCUT2D eigenvalue weighted by Crippen LogP contribution is -2.27. The highest BCUT2D eigenvalue weighted by Crippen LogP contribution is 2.52. The summed E-state index contributed by atoms with van der Waals surface area (Å²) in [5.41, 5.74) is 0. The molecule has 1 N–H and O–H groups in total. The summed E-state index contributed by atoms with van der Waals surface area (Å²) in [6.07, 6.45) is 17.1. The molecular weight excluding hydrogens is 246 g/mol. The third-order valence-corrected chi connectivity index (χ3v) is 4.96. The van der Waals surface area contributed by atoms with Gasteiger partial charge in [-0.1, -0.05) is 51.2 Å². The Labute approximate surface area is 124 Å². The second kappa shape index (κ2) is 8.49. The van der Waals surface area contributed by atoms with Gasteiger partial charge >= 0.3 is 0 Å². The van der Waals surface area contributed by atoms with Crippen molar-refractivity contribution in [2.24, 2.45) is 17.8 Å². The molecule has 20 heavy (non-hydrogen) atoms. The fraction of sp³-hybridized carbons (Fsp3) is 0.833. The van der Waals surface area contributed by atoms with Gasteiger partial charge in [-0.05, 0) is 43.9 Å². The van der Waals surface area contributed by atoms with Gasteiger partial charge in [0.2, 0.25) is 5.91 Å². The number of carbonyl (C=O) groups is 1. The molecule has 0 aromatic carbocycles. The van der Waals surface area contributed by atoms with Gasteiger partial charge in [-0.15, -0.1) is 0 Å². The number of allylic oxidation sites excluding steroid dienone is 2. The number of rotatable bonds is 8. The third kappa shape index (κ3) is 4.64. The van der Waals surface area contributed by atoms with Crippen molar-refractivity contribution in [2.75, 3.05) is 6.54 Å². The van der Waals surface area contributed by atoms with Gasteiger partial charge in [0.05, 0.1) is 0 Å². The molecule has 1 amide bonds. The minimum absolute atomic E-state index is 0.343. The number of unbranched alkanes of at least 4 members (excludes halogenated alkanes) is 5. The first-order valence-corrected chi connectivity index (χ1v) is 8.77. The summed E-state index contributed by atoms with van der Waals surface area (Å²) in [7, 11) is 0. The average molecular weight is 277 g/mol. The van der Waals surface area contributed by atoms with Crippen LogP contribution in [-0.2, 0) is 4.79 Å². The van der Waals surface area contributed by atoms with E-state index in [2.05, 4.69) is 24.4 Å². The molecule has 0 saturated heterocycles. The molecule has 0 spiro atoms. The zero-order valence-electron chi connectivity index (χ0n) is 13.1. The van der Waals surface area contributed by atoms with Crippen molar-refractivity contribution in [3.63, 3.8) is 0 Å². The summed E-state index contributed by atoms with van der Waals surface area (Å²) in [5.74, 6) is 2.06. The Hall–Kier alpha value is -0.790. The fourth-order valence-electron chi connectivity index (χ4n) is 3.67. The van der Waals surface area contributed by atoms with Crippen LogP contribution >= 0.6 is 0 Å². The molecule has 0 aromatic heterocycles. The molecule has 1 fully saturated rings. The van der Waals surface area contributed by atoms with Gasteiger partial charge in [-0.2, -0.15) is 0 Å². The zero-order chi connectivity index (χ0) is 14.2. The highest BCUT2D eigenvalue weighted by molar-refractivity contribution is 5.82. The molecular formula is C18H31NO. The molecule has 2 aliphatic rings. The van der Waals surface area contributed by atoms with Crippen LogP contribution in [0.1, 0.15) is 71.1 Å². The van der Waals surface area contributed by atoms with E-state index in [1.54, 1.807) is 0 Å². The average Bonchev–Trinajstić information content (AvgIpc) is 3.09. The minimum Gasteiger partial charge on any atom is -0.356 e. The van der Waals surface area contributed by atoms with Gasteiger partial charge in [0.15, 0.2) is 0 Å². The Morgan fingerprint density at radius 1 is 1.00 bits per heavy atom. The van der Waals surface area contributed by atoms with Crippen molar-refractivity contribution in [3.05, 3.63) is 12.2 Å². The number of nitrogens with one attached hydrogen (secondary N) is 1. The molecule has 2 aliphatic carbocycles. The van der Waals surface area contributed by atoms with Gasteiger partial charge in [-0.3, -0.25) is 4.79 Å². The Bertz CT molecular complexity index is 307. The van der Waals surface area contributed by atoms with Crippen LogP contribution < -0.4 is 5.32 Å². The van der Waals surface area contributed by atoms with E-state index in [0.717, 1.165) is 13.0 Å². The topological polar surface area (TPSA) is 29.1 Å². The minimum atomic E-state index is 0.343. The lowest BCUT2D eigenvalue weighted by atomic mass is 10.1. The lowest BCUT2D eigenvalue weighted by molar-refractivity contribution is -0.122. The van der Waals surface area contributed by atoms with Gasteiger partial charge in [-0.25, -0.2) is 0 Å². The quantitative estimate of drug-likeness (QED) is 0.515. The smallest absolute Gasteiger partial charge is 0.223 e. The van der Waals surface area contributed by atoms with Crippen molar-refractivity contribution in [2.45, 2.75) is 71.1 Å². The maximum atomic E-state index is 12.2. The summed E-state index contributed by atoms with van der Waals surface area (Å²) in [6.45, 7) is 3.13. The number of hydrogen-bond acceptors (Lipinski definition) is 1. The first-order chi connectivity index (χ1) is 9.84. The predicted octanol–water partition coefficient (Wildman–Crippen LogP) is 4.46. The van der Waals surface area contributed by atoms with Crippen molar-refractivity contribution in [3.8, 4) is 0 Å². The Kier molecular flexibility index (Phi) is 6.62. The van der Waals surface area contributed by atoms with Crippen LogP contribution in [0.4, 0.5) is 0 Å². The van der Waals surface area contributed by atoms with Gasteiger partial charge < -0.3 is 5.32 Å². The van der Waals surface area contributed by atoms with E-state index in [9.17, 15) is 4.79 Å². The largest absolute Gasteiger partial charge is 0.356 e. The number of carbonyl (C=O) groups excluding carboxylic acids is 1. The molecule has 2 rings (SSSR count). The third-order valence-electron chi connectivity index (χ3n) is 4.96. The molecule has 0 radical (unpaired) electrons. The van der Waals surface area contributed by atoms with E-state index in [-0.39, 0.29) is 0 Å². The van der Waals surface area contributed by atoms with Crippen molar-refractivity contribution in [1.29, 1.82) is 0 Å². The number of amides is 1. The zero-order valence-corrected chi connectivity index (χ0v) is 13.1. The van der Waals surface area contributed by atoms with E-state index in [1.165, 1.54) is 57.8 Å². The van der Waals surface area contributed by atoms with Gasteiger partial charge in [0.25, 0.3) is 0 Å². The van der Waals surface area contributed by atoms with E-state index in [1.807, 2.05) is 0 Å². The van der Waals surface area contributed by atoms with Gasteiger partial charge in [0, 0.05) is 12.5 Å². The summed E-state index contributed by atoms with van der Waals surface area (Å²) >= 11 is 0. The molecule has 0 aliphatic heterocycles. The second-order valence-corrected chi connectivity index (χ2v) is 6.54. The molecule has 2 nitrogen and oxygen atoms in total. The molecule has 2 heteroatoms. The Morgan fingerprint density at radius 2 is 1.60 bits per heavy atom. The summed E-state index contributed by atoms with van der Waals surface area (Å²) in [5, 5.41) is 3.17. The van der Waals surface area contributed by atoms with Crippen LogP contribution in [0.2, 0.25) is 0 Å². The Balaban J connectivity index is 1.55. The van der Waals surface area contributed by atoms with E-state index in [4.69, 9.17) is 0 Å². The summed E-state index contributed by atoms with van der Waals surface area (Å²) < 4.78 is 0. The maximum absolute atomic E-state index is 12.2. The van der Waals surface area contributed by atoms with E-state index < -0.39 is 0 Å². The number of fused-ring (bicyclic) bond motifs is 1. The summed E-state index contributed by atoms with van der Waals surface area (Å²) in [4.78, 5) is 12.2. The summed E-state index contributed by atoms with van der Waals surface area (Å²) in [6, 6.07) is 0. The van der Waals surface area contributed by atoms with E-state index >= 15 is 0 Å². The molecule has 0 bridgehead atoms. The molecule has 2 unspecified atom stereocenters. The van der Waals surface area contributed by atoms with Crippen LogP contribution in [-0.4, -0.2) is 12.5 Å². The standard InChI is InChI=1S/C18H31NO/c1-2-3-4-5-8-11-14-19-18(20)17-15-12-9-6-7-10-13-16(15)17/h6-7,15-17H,2-5,8-14H2,1H3,(H,19,20)/b7-6-. The Morgan fingerprint density at radius 3 is 2.25 bits per heavy atom. The molecule has 1 saturated carbocycles. The fourth-order valence-corrected chi connectivity index (χ4v) is 3.67. The lowest BCUT2D eigenvalue weighted by Gasteiger charge is -2.05. The first-order valence-electron chi connectivity index (χ1n) is 8.77. The van der Waals surface area contributed by atoms with Crippen molar-refractivity contribution in [1.82, 2.24) is 5.32 Å². The maximum Gasteiger partial charge on any atom is 0.223 e. The molecule has 2 atom stereocenters. The monoisotopic (exact) mass is 277 g/mol. The van der Waals surface area contributed by atoms with Gasteiger partial charge in [0.1, 0.15) is 0 Å². The number of hydrogen-bond donors (Lipinski definition) is 1. The van der Waals surface area contributed by atoms with Crippen LogP contribution in [0.15, 0.2) is 12.2 Å². The first kappa shape index (κ1) is 15.6. The predicted molar refractivity (Wildman–Crippen MR) is 84.5 cm³/mol. The molecule has 114 valence electrons. The van der Waals surface area contributed by atoms with Crippen molar-refractivity contribution < 1.29 is 4.79 Å².